The summed E-state index contributed by atoms with van der Waals surface area (Å²) in [6.45, 7) is 3.28. The van der Waals surface area contributed by atoms with Crippen LogP contribution in [0.4, 0.5) is 4.79 Å². The first-order valence-electron chi connectivity index (χ1n) is 11.0. The van der Waals surface area contributed by atoms with Crippen LogP contribution in [0.15, 0.2) is 84.9 Å². The Bertz CT molecular complexity index is 1150. The highest BCUT2D eigenvalue weighted by molar-refractivity contribution is 6.09. The summed E-state index contributed by atoms with van der Waals surface area (Å²) in [7, 11) is 0. The number of rotatable bonds is 7. The first kappa shape index (κ1) is 22.3. The highest BCUT2D eigenvalue weighted by Gasteiger charge is 2.49. The van der Waals surface area contributed by atoms with Crippen molar-refractivity contribution in [3.8, 4) is 0 Å². The van der Waals surface area contributed by atoms with Crippen LogP contribution in [-0.2, 0) is 21.5 Å². The molecule has 0 aliphatic carbocycles. The van der Waals surface area contributed by atoms with Gasteiger partial charge in [0.2, 0.25) is 5.91 Å². The molecule has 6 heteroatoms. The van der Waals surface area contributed by atoms with Gasteiger partial charge >= 0.3 is 6.03 Å². The highest BCUT2D eigenvalue weighted by Crippen LogP contribution is 2.29. The standard InChI is InChI=1S/C27H27N3O3/c1-19-13-15-22(16-14-19)27(2)25(32)30(26(33)29-27)18-24(31)28-23(21-11-7-4-8-12-21)17-20-9-5-3-6-10-20/h3-16,23H,17-18H2,1-2H3,(H,28,31)(H,29,33). The smallest absolute Gasteiger partial charge is 0.325 e. The van der Waals surface area contributed by atoms with Crippen molar-refractivity contribution in [1.29, 1.82) is 0 Å². The van der Waals surface area contributed by atoms with Gasteiger partial charge in [0.1, 0.15) is 12.1 Å². The zero-order valence-electron chi connectivity index (χ0n) is 18.7. The molecule has 0 bridgehead atoms. The van der Waals surface area contributed by atoms with Gasteiger partial charge in [-0.2, -0.15) is 0 Å². The van der Waals surface area contributed by atoms with Gasteiger partial charge in [-0.3, -0.25) is 14.5 Å². The molecule has 33 heavy (non-hydrogen) atoms. The monoisotopic (exact) mass is 441 g/mol. The average Bonchev–Trinajstić information content (AvgIpc) is 3.04. The number of nitrogens with one attached hydrogen (secondary N) is 2. The number of imide groups is 1. The molecule has 2 unspecified atom stereocenters. The molecule has 3 aromatic rings. The van der Waals surface area contributed by atoms with Gasteiger partial charge < -0.3 is 10.6 Å². The van der Waals surface area contributed by atoms with E-state index in [2.05, 4.69) is 10.6 Å². The largest absolute Gasteiger partial charge is 0.347 e. The highest BCUT2D eigenvalue weighted by atomic mass is 16.2. The molecule has 0 radical (unpaired) electrons. The number of benzene rings is 3. The molecular formula is C27H27N3O3. The summed E-state index contributed by atoms with van der Waals surface area (Å²) in [5.74, 6) is -0.831. The molecule has 1 heterocycles. The van der Waals surface area contributed by atoms with Crippen molar-refractivity contribution in [2.24, 2.45) is 0 Å². The van der Waals surface area contributed by atoms with Crippen LogP contribution in [0.1, 0.15) is 35.2 Å². The molecule has 0 saturated carbocycles. The Labute approximate surface area is 193 Å². The van der Waals surface area contributed by atoms with E-state index in [1.54, 1.807) is 6.92 Å². The minimum atomic E-state index is -1.20. The summed E-state index contributed by atoms with van der Waals surface area (Å²) in [6, 6.07) is 26.1. The Balaban J connectivity index is 1.49. The summed E-state index contributed by atoms with van der Waals surface area (Å²) in [5, 5.41) is 5.77. The summed E-state index contributed by atoms with van der Waals surface area (Å²) in [6.07, 6.45) is 0.595. The van der Waals surface area contributed by atoms with Gasteiger partial charge in [-0.25, -0.2) is 4.79 Å². The Hall–Kier alpha value is -3.93. The summed E-state index contributed by atoms with van der Waals surface area (Å²) < 4.78 is 0. The lowest BCUT2D eigenvalue weighted by Crippen LogP contribution is -2.44. The molecule has 1 aliphatic heterocycles. The topological polar surface area (TPSA) is 78.5 Å². The predicted molar refractivity (Wildman–Crippen MR) is 126 cm³/mol. The summed E-state index contributed by atoms with van der Waals surface area (Å²) in [5.41, 5.74) is 2.57. The van der Waals surface area contributed by atoms with Crippen LogP contribution < -0.4 is 10.6 Å². The molecule has 2 atom stereocenters. The quantitative estimate of drug-likeness (QED) is 0.547. The van der Waals surface area contributed by atoms with Crippen LogP contribution in [0.5, 0.6) is 0 Å². The van der Waals surface area contributed by atoms with Crippen molar-refractivity contribution in [2.75, 3.05) is 6.54 Å². The minimum absolute atomic E-state index is 0.287. The van der Waals surface area contributed by atoms with Crippen LogP contribution in [0.3, 0.4) is 0 Å². The van der Waals surface area contributed by atoms with Gasteiger partial charge in [-0.15, -0.1) is 0 Å². The molecule has 4 rings (SSSR count). The lowest BCUT2D eigenvalue weighted by molar-refractivity contribution is -0.135. The maximum atomic E-state index is 13.2. The fraction of sp³-hybridized carbons (Fsp3) is 0.222. The van der Waals surface area contributed by atoms with Crippen molar-refractivity contribution >= 4 is 17.8 Å². The molecular weight excluding hydrogens is 414 g/mol. The maximum absolute atomic E-state index is 13.2. The summed E-state index contributed by atoms with van der Waals surface area (Å²) in [4.78, 5) is 39.8. The number of carbonyl (C=O) groups is 3. The van der Waals surface area contributed by atoms with Crippen molar-refractivity contribution in [1.82, 2.24) is 15.5 Å². The van der Waals surface area contributed by atoms with Crippen molar-refractivity contribution in [3.63, 3.8) is 0 Å². The van der Waals surface area contributed by atoms with Crippen molar-refractivity contribution in [2.45, 2.75) is 31.8 Å². The van der Waals surface area contributed by atoms with Gasteiger partial charge in [0, 0.05) is 0 Å². The van der Waals surface area contributed by atoms with Crippen LogP contribution in [0.25, 0.3) is 0 Å². The second kappa shape index (κ2) is 9.28. The zero-order valence-corrected chi connectivity index (χ0v) is 18.7. The molecule has 0 aromatic heterocycles. The molecule has 3 aromatic carbocycles. The molecule has 0 spiro atoms. The molecule has 2 N–H and O–H groups in total. The third-order valence-corrected chi connectivity index (χ3v) is 6.03. The van der Waals surface area contributed by atoms with E-state index in [9.17, 15) is 14.4 Å². The Morgan fingerprint density at radius 3 is 2.18 bits per heavy atom. The number of hydrogen-bond donors (Lipinski definition) is 2. The third-order valence-electron chi connectivity index (χ3n) is 6.03. The van der Waals surface area contributed by atoms with E-state index in [0.717, 1.165) is 21.6 Å². The van der Waals surface area contributed by atoms with Crippen molar-refractivity contribution in [3.05, 3.63) is 107 Å². The fourth-order valence-electron chi connectivity index (χ4n) is 4.09. The second-order valence-electron chi connectivity index (χ2n) is 8.53. The van der Waals surface area contributed by atoms with Crippen LogP contribution in [0.2, 0.25) is 0 Å². The Morgan fingerprint density at radius 2 is 1.55 bits per heavy atom. The van der Waals surface area contributed by atoms with E-state index < -0.39 is 23.4 Å². The number of nitrogens with zero attached hydrogens (tertiary/aromatic N) is 1. The van der Waals surface area contributed by atoms with Gasteiger partial charge in [-0.05, 0) is 37.0 Å². The SMILES string of the molecule is Cc1ccc(C2(C)NC(=O)N(CC(=O)NC(Cc3ccccc3)c3ccccc3)C2=O)cc1. The first-order valence-corrected chi connectivity index (χ1v) is 11.0. The fourth-order valence-corrected chi connectivity index (χ4v) is 4.09. The number of carbonyl (C=O) groups excluding carboxylic acids is 3. The molecule has 1 fully saturated rings. The van der Waals surface area contributed by atoms with E-state index >= 15 is 0 Å². The van der Waals surface area contributed by atoms with Crippen LogP contribution in [0, 0.1) is 6.92 Å². The molecule has 168 valence electrons. The molecule has 6 nitrogen and oxygen atoms in total. The lowest BCUT2D eigenvalue weighted by Gasteiger charge is -2.23. The van der Waals surface area contributed by atoms with Gasteiger partial charge in [0.15, 0.2) is 0 Å². The first-order chi connectivity index (χ1) is 15.9. The van der Waals surface area contributed by atoms with Crippen LogP contribution >= 0.6 is 0 Å². The maximum Gasteiger partial charge on any atom is 0.325 e. The van der Waals surface area contributed by atoms with E-state index in [1.165, 1.54) is 0 Å². The Kier molecular flexibility index (Phi) is 6.27. The van der Waals surface area contributed by atoms with Gasteiger partial charge in [0.25, 0.3) is 5.91 Å². The van der Waals surface area contributed by atoms with Crippen molar-refractivity contribution < 1.29 is 14.4 Å². The van der Waals surface area contributed by atoms with Crippen LogP contribution in [-0.4, -0.2) is 29.3 Å². The molecule has 1 aliphatic rings. The molecule has 1 saturated heterocycles. The average molecular weight is 442 g/mol. The van der Waals surface area contributed by atoms with E-state index in [-0.39, 0.29) is 12.6 Å². The number of urea groups is 1. The predicted octanol–water partition coefficient (Wildman–Crippen LogP) is 3.86. The van der Waals surface area contributed by atoms with Gasteiger partial charge in [-0.1, -0.05) is 90.5 Å². The number of aryl methyl sites for hydroxylation is 1. The number of hydrogen-bond acceptors (Lipinski definition) is 3. The van der Waals surface area contributed by atoms with E-state index in [1.807, 2.05) is 91.9 Å². The van der Waals surface area contributed by atoms with E-state index in [4.69, 9.17) is 0 Å². The minimum Gasteiger partial charge on any atom is -0.347 e. The Morgan fingerprint density at radius 1 is 0.939 bits per heavy atom. The van der Waals surface area contributed by atoms with Gasteiger partial charge in [0.05, 0.1) is 6.04 Å². The second-order valence-corrected chi connectivity index (χ2v) is 8.53. The third kappa shape index (κ3) is 4.80. The molecule has 4 amide bonds. The zero-order chi connectivity index (χ0) is 23.4. The lowest BCUT2D eigenvalue weighted by atomic mass is 9.91. The van der Waals surface area contributed by atoms with E-state index in [0.29, 0.717) is 12.0 Å². The summed E-state index contributed by atoms with van der Waals surface area (Å²) >= 11 is 0. The normalized spacial score (nSPS) is 18.7. The number of amides is 4.